The molecule has 0 spiro atoms. The largest absolute Gasteiger partial charge is 0.424 e. The van der Waals surface area contributed by atoms with Crippen LogP contribution in [0.3, 0.4) is 0 Å². The molecule has 2 fully saturated rings. The zero-order valence-electron chi connectivity index (χ0n) is 17.0. The van der Waals surface area contributed by atoms with Crippen molar-refractivity contribution in [3.63, 3.8) is 0 Å². The van der Waals surface area contributed by atoms with Gasteiger partial charge in [0.1, 0.15) is 11.6 Å². The van der Waals surface area contributed by atoms with Gasteiger partial charge in [-0.3, -0.25) is 14.5 Å². The second-order valence-corrected chi connectivity index (χ2v) is 7.98. The Labute approximate surface area is 179 Å². The van der Waals surface area contributed by atoms with Crippen LogP contribution in [0.25, 0.3) is 0 Å². The highest BCUT2D eigenvalue weighted by Crippen LogP contribution is 2.42. The average molecular weight is 437 g/mol. The van der Waals surface area contributed by atoms with Gasteiger partial charge in [-0.25, -0.2) is 9.59 Å². The number of rotatable bonds is 5. The number of carbonyl (C=O) groups is 4. The lowest BCUT2D eigenvalue weighted by Gasteiger charge is -2.43. The molecular weight excluding hydrogens is 412 g/mol. The number of carbonyl (C=O) groups excluding carboxylic acids is 4. The van der Waals surface area contributed by atoms with Crippen molar-refractivity contribution in [1.82, 2.24) is 10.2 Å². The normalized spacial score (nSPS) is 24.7. The Hall–Kier alpha value is -2.61. The van der Waals surface area contributed by atoms with Gasteiger partial charge in [0, 0.05) is 37.4 Å². The van der Waals surface area contributed by atoms with Crippen molar-refractivity contribution in [3.8, 4) is 0 Å². The first kappa shape index (κ1) is 22.1. The molecule has 30 heavy (non-hydrogen) atoms. The molecule has 1 saturated carbocycles. The fourth-order valence-electron chi connectivity index (χ4n) is 4.07. The van der Waals surface area contributed by atoms with Crippen LogP contribution >= 0.6 is 11.6 Å². The van der Waals surface area contributed by atoms with Gasteiger partial charge in [0.2, 0.25) is 12.2 Å². The summed E-state index contributed by atoms with van der Waals surface area (Å²) in [7, 11) is 1.49. The topological polar surface area (TPSA) is 102 Å². The standard InChI is InChI=1S/C21H25ClN2O6/c1-13(29-19(27)16-10-11-18(26)23-16)30-20(28)24(2)21(12-6-5-9-17(21)25)14-7-3-4-8-15(14)22/h3-4,7-8,13,16H,5-6,9-12H2,1-2H3,(H,23,26)/t13?,16?,21-/m0/s1. The van der Waals surface area contributed by atoms with E-state index in [1.165, 1.54) is 18.9 Å². The SMILES string of the molecule is CC(OC(=O)C1CCC(=O)N1)OC(=O)N(C)[C@]1(c2ccccc2Cl)CCCCC1=O. The van der Waals surface area contributed by atoms with Crippen LogP contribution in [0.2, 0.25) is 5.02 Å². The summed E-state index contributed by atoms with van der Waals surface area (Å²) in [5.41, 5.74) is -0.689. The molecule has 8 nitrogen and oxygen atoms in total. The van der Waals surface area contributed by atoms with E-state index in [0.29, 0.717) is 29.8 Å². The molecule has 2 unspecified atom stereocenters. The zero-order chi connectivity index (χ0) is 21.9. The van der Waals surface area contributed by atoms with Crippen molar-refractivity contribution in [3.05, 3.63) is 34.9 Å². The van der Waals surface area contributed by atoms with E-state index < -0.39 is 29.9 Å². The number of nitrogens with zero attached hydrogens (tertiary/aromatic N) is 1. The van der Waals surface area contributed by atoms with Crippen molar-refractivity contribution in [2.75, 3.05) is 7.05 Å². The Bertz CT molecular complexity index is 860. The van der Waals surface area contributed by atoms with Crippen molar-refractivity contribution in [2.24, 2.45) is 0 Å². The number of halogens is 1. The fraction of sp³-hybridized carbons (Fsp3) is 0.524. The van der Waals surface area contributed by atoms with Gasteiger partial charge in [0.15, 0.2) is 5.78 Å². The van der Waals surface area contributed by atoms with Crippen molar-refractivity contribution >= 4 is 35.4 Å². The van der Waals surface area contributed by atoms with E-state index in [2.05, 4.69) is 5.32 Å². The van der Waals surface area contributed by atoms with Crippen LogP contribution in [0.5, 0.6) is 0 Å². The molecule has 2 aliphatic rings. The number of likely N-dealkylation sites (N-methyl/N-ethyl adjacent to an activating group) is 1. The summed E-state index contributed by atoms with van der Waals surface area (Å²) in [4.78, 5) is 50.6. The number of ketones is 1. The second-order valence-electron chi connectivity index (χ2n) is 7.58. The van der Waals surface area contributed by atoms with Gasteiger partial charge in [0.25, 0.3) is 0 Å². The number of benzene rings is 1. The Morgan fingerprint density at radius 3 is 2.57 bits per heavy atom. The quantitative estimate of drug-likeness (QED) is 0.562. The molecule has 1 aliphatic heterocycles. The van der Waals surface area contributed by atoms with Crippen LogP contribution in [0.1, 0.15) is 51.0 Å². The lowest BCUT2D eigenvalue weighted by molar-refractivity contribution is -0.170. The average Bonchev–Trinajstić information content (AvgIpc) is 3.15. The van der Waals surface area contributed by atoms with Crippen molar-refractivity contribution in [2.45, 2.75) is 63.3 Å². The van der Waals surface area contributed by atoms with E-state index in [-0.39, 0.29) is 18.1 Å². The highest BCUT2D eigenvalue weighted by molar-refractivity contribution is 6.31. The lowest BCUT2D eigenvalue weighted by atomic mass is 9.74. The smallest absolute Gasteiger partial charge is 0.413 e. The minimum atomic E-state index is -1.24. The molecule has 3 atom stereocenters. The summed E-state index contributed by atoms with van der Waals surface area (Å²) in [6.07, 6.45) is 0.836. The van der Waals surface area contributed by atoms with Crippen LogP contribution in [0.4, 0.5) is 4.79 Å². The number of hydrogen-bond acceptors (Lipinski definition) is 6. The molecule has 1 N–H and O–H groups in total. The Kier molecular flexibility index (Phi) is 6.65. The van der Waals surface area contributed by atoms with Crippen LogP contribution in [-0.2, 0) is 29.4 Å². The highest BCUT2D eigenvalue weighted by atomic mass is 35.5. The van der Waals surface area contributed by atoms with E-state index in [1.807, 2.05) is 0 Å². The zero-order valence-corrected chi connectivity index (χ0v) is 17.7. The van der Waals surface area contributed by atoms with E-state index in [9.17, 15) is 19.2 Å². The number of amides is 2. The molecule has 1 heterocycles. The van der Waals surface area contributed by atoms with Gasteiger partial charge in [-0.15, -0.1) is 0 Å². The number of Topliss-reactive ketones (excluding diaryl/α,β-unsaturated/α-hetero) is 1. The number of esters is 1. The molecule has 9 heteroatoms. The Morgan fingerprint density at radius 2 is 1.93 bits per heavy atom. The molecule has 1 aromatic carbocycles. The fourth-order valence-corrected chi connectivity index (χ4v) is 4.36. The third-order valence-corrected chi connectivity index (χ3v) is 5.98. The van der Waals surface area contributed by atoms with Crippen LogP contribution in [0, 0.1) is 0 Å². The lowest BCUT2D eigenvalue weighted by Crippen LogP contribution is -2.55. The van der Waals surface area contributed by atoms with Gasteiger partial charge >= 0.3 is 12.1 Å². The first-order valence-corrected chi connectivity index (χ1v) is 10.4. The summed E-state index contributed by atoms with van der Waals surface area (Å²) in [5, 5.41) is 2.90. The molecule has 0 bridgehead atoms. The molecule has 1 aliphatic carbocycles. The second kappa shape index (κ2) is 9.04. The molecule has 2 amide bonds. The van der Waals surface area contributed by atoms with Gasteiger partial charge in [-0.1, -0.05) is 29.8 Å². The van der Waals surface area contributed by atoms with Crippen LogP contribution in [0.15, 0.2) is 24.3 Å². The molecule has 1 aromatic rings. The summed E-state index contributed by atoms with van der Waals surface area (Å²) >= 11 is 6.39. The van der Waals surface area contributed by atoms with E-state index >= 15 is 0 Å². The predicted octanol–water partition coefficient (Wildman–Crippen LogP) is 2.91. The molecule has 0 radical (unpaired) electrons. The maximum Gasteiger partial charge on any atom is 0.413 e. The molecule has 1 saturated heterocycles. The Balaban J connectivity index is 1.74. The molecular formula is C21H25ClN2O6. The molecule has 162 valence electrons. The van der Waals surface area contributed by atoms with Crippen LogP contribution < -0.4 is 5.32 Å². The number of ether oxygens (including phenoxy) is 2. The maximum absolute atomic E-state index is 13.0. The van der Waals surface area contributed by atoms with Gasteiger partial charge in [-0.05, 0) is 31.7 Å². The molecule has 3 rings (SSSR count). The summed E-state index contributed by atoms with van der Waals surface area (Å²) in [6.45, 7) is 1.41. The van der Waals surface area contributed by atoms with Crippen LogP contribution in [-0.4, -0.2) is 48.0 Å². The van der Waals surface area contributed by atoms with E-state index in [1.54, 1.807) is 24.3 Å². The summed E-state index contributed by atoms with van der Waals surface area (Å²) in [5.74, 6) is -1.00. The van der Waals surface area contributed by atoms with Gasteiger partial charge < -0.3 is 14.8 Å². The molecule has 0 aromatic heterocycles. The van der Waals surface area contributed by atoms with Crippen molar-refractivity contribution < 1.29 is 28.7 Å². The number of hydrogen-bond donors (Lipinski definition) is 1. The third kappa shape index (κ3) is 4.28. The Morgan fingerprint density at radius 1 is 1.20 bits per heavy atom. The first-order valence-electron chi connectivity index (χ1n) is 9.98. The summed E-state index contributed by atoms with van der Waals surface area (Å²) in [6, 6.07) is 6.20. The first-order chi connectivity index (χ1) is 14.3. The predicted molar refractivity (Wildman–Crippen MR) is 108 cm³/mol. The van der Waals surface area contributed by atoms with Gasteiger partial charge in [-0.2, -0.15) is 0 Å². The minimum absolute atomic E-state index is 0.111. The number of nitrogens with one attached hydrogen (secondary N) is 1. The van der Waals surface area contributed by atoms with Crippen molar-refractivity contribution in [1.29, 1.82) is 0 Å². The monoisotopic (exact) mass is 436 g/mol. The maximum atomic E-state index is 13.0. The van der Waals surface area contributed by atoms with Gasteiger partial charge in [0.05, 0.1) is 0 Å². The third-order valence-electron chi connectivity index (χ3n) is 5.65. The van der Waals surface area contributed by atoms with E-state index in [0.717, 1.165) is 12.8 Å². The minimum Gasteiger partial charge on any atom is -0.424 e. The highest BCUT2D eigenvalue weighted by Gasteiger charge is 2.49. The summed E-state index contributed by atoms with van der Waals surface area (Å²) < 4.78 is 10.4. The van der Waals surface area contributed by atoms with E-state index in [4.69, 9.17) is 21.1 Å².